The highest BCUT2D eigenvalue weighted by Crippen LogP contribution is 2.07. The molecule has 17 heavy (non-hydrogen) atoms. The van der Waals surface area contributed by atoms with E-state index in [-0.39, 0.29) is 11.9 Å². The first kappa shape index (κ1) is 14.2. The number of hydrogen-bond acceptors (Lipinski definition) is 1. The number of carbonyl (C=O) groups excluding carboxylic acids is 1. The quantitative estimate of drug-likeness (QED) is 0.738. The summed E-state index contributed by atoms with van der Waals surface area (Å²) >= 11 is 3.40. The van der Waals surface area contributed by atoms with Gasteiger partial charge in [-0.3, -0.25) is 4.79 Å². The highest BCUT2D eigenvalue weighted by atomic mass is 79.9. The lowest BCUT2D eigenvalue weighted by atomic mass is 10.1. The van der Waals surface area contributed by atoms with E-state index in [1.807, 2.05) is 35.2 Å². The number of rotatable bonds is 6. The van der Waals surface area contributed by atoms with Gasteiger partial charge in [0.15, 0.2) is 0 Å². The van der Waals surface area contributed by atoms with Crippen LogP contribution in [0.4, 0.5) is 0 Å². The molecule has 0 unspecified atom stereocenters. The molecule has 0 radical (unpaired) electrons. The summed E-state index contributed by atoms with van der Waals surface area (Å²) in [6.07, 6.45) is 1.50. The zero-order valence-electron chi connectivity index (χ0n) is 10.5. The molecule has 0 saturated heterocycles. The number of nitrogens with zero attached hydrogens (tertiary/aromatic N) is 1. The lowest BCUT2D eigenvalue weighted by Crippen LogP contribution is -2.38. The summed E-state index contributed by atoms with van der Waals surface area (Å²) in [5, 5.41) is 0.939. The Morgan fingerprint density at radius 1 is 1.29 bits per heavy atom. The van der Waals surface area contributed by atoms with Crippen molar-refractivity contribution in [3.05, 3.63) is 35.9 Å². The standard InChI is InChI=1S/C14H20BrNO/c1-12(2)16(10-6-9-15)14(17)11-13-7-4-3-5-8-13/h3-5,7-8,12H,6,9-11H2,1-2H3. The molecule has 0 bridgehead atoms. The van der Waals surface area contributed by atoms with Gasteiger partial charge in [0.05, 0.1) is 6.42 Å². The van der Waals surface area contributed by atoms with E-state index >= 15 is 0 Å². The summed E-state index contributed by atoms with van der Waals surface area (Å²) in [7, 11) is 0. The van der Waals surface area contributed by atoms with E-state index < -0.39 is 0 Å². The van der Waals surface area contributed by atoms with Crippen molar-refractivity contribution >= 4 is 21.8 Å². The zero-order chi connectivity index (χ0) is 12.7. The SMILES string of the molecule is CC(C)N(CCCBr)C(=O)Cc1ccccc1. The van der Waals surface area contributed by atoms with Gasteiger partial charge in [-0.05, 0) is 25.8 Å². The van der Waals surface area contributed by atoms with E-state index in [4.69, 9.17) is 0 Å². The third kappa shape index (κ3) is 4.90. The van der Waals surface area contributed by atoms with Crippen LogP contribution in [0.25, 0.3) is 0 Å². The second-order valence-electron chi connectivity index (χ2n) is 4.39. The molecule has 0 spiro atoms. The Kier molecular flexibility index (Phi) is 6.27. The van der Waals surface area contributed by atoms with Crippen LogP contribution in [-0.4, -0.2) is 28.7 Å². The summed E-state index contributed by atoms with van der Waals surface area (Å²) in [5.74, 6) is 0.215. The number of alkyl halides is 1. The molecule has 0 N–H and O–H groups in total. The first-order valence-electron chi connectivity index (χ1n) is 6.04. The third-order valence-corrected chi connectivity index (χ3v) is 3.24. The number of amides is 1. The van der Waals surface area contributed by atoms with Gasteiger partial charge in [0.25, 0.3) is 0 Å². The molecule has 1 amide bonds. The number of benzene rings is 1. The molecule has 0 aromatic heterocycles. The summed E-state index contributed by atoms with van der Waals surface area (Å²) in [5.41, 5.74) is 1.09. The highest BCUT2D eigenvalue weighted by Gasteiger charge is 2.16. The Labute approximate surface area is 112 Å². The molecule has 1 aromatic carbocycles. The summed E-state index contributed by atoms with van der Waals surface area (Å²) in [6.45, 7) is 4.96. The maximum absolute atomic E-state index is 12.2. The van der Waals surface area contributed by atoms with Crippen molar-refractivity contribution in [2.24, 2.45) is 0 Å². The number of hydrogen-bond donors (Lipinski definition) is 0. The molecule has 94 valence electrons. The molecule has 0 aliphatic carbocycles. The Balaban J connectivity index is 2.59. The summed E-state index contributed by atoms with van der Waals surface area (Å²) < 4.78 is 0. The van der Waals surface area contributed by atoms with E-state index in [1.165, 1.54) is 0 Å². The predicted octanol–water partition coefficient (Wildman–Crippen LogP) is 3.25. The lowest BCUT2D eigenvalue weighted by molar-refractivity contribution is -0.132. The second kappa shape index (κ2) is 7.49. The Morgan fingerprint density at radius 3 is 2.47 bits per heavy atom. The largest absolute Gasteiger partial charge is 0.340 e. The molecule has 0 heterocycles. The van der Waals surface area contributed by atoms with Crippen LogP contribution in [0, 0.1) is 0 Å². The topological polar surface area (TPSA) is 20.3 Å². The predicted molar refractivity (Wildman–Crippen MR) is 75.4 cm³/mol. The van der Waals surface area contributed by atoms with Crippen molar-refractivity contribution in [2.45, 2.75) is 32.7 Å². The minimum atomic E-state index is 0.215. The van der Waals surface area contributed by atoms with Crippen molar-refractivity contribution in [1.29, 1.82) is 0 Å². The molecule has 0 aliphatic heterocycles. The lowest BCUT2D eigenvalue weighted by Gasteiger charge is -2.26. The Bertz CT molecular complexity index is 337. The van der Waals surface area contributed by atoms with Gasteiger partial charge in [-0.15, -0.1) is 0 Å². The van der Waals surface area contributed by atoms with Gasteiger partial charge in [-0.1, -0.05) is 46.3 Å². The zero-order valence-corrected chi connectivity index (χ0v) is 12.1. The van der Waals surface area contributed by atoms with Gasteiger partial charge in [0.1, 0.15) is 0 Å². The monoisotopic (exact) mass is 297 g/mol. The van der Waals surface area contributed by atoms with E-state index in [2.05, 4.69) is 29.8 Å². The fourth-order valence-corrected chi connectivity index (χ4v) is 2.02. The highest BCUT2D eigenvalue weighted by molar-refractivity contribution is 9.09. The van der Waals surface area contributed by atoms with Gasteiger partial charge in [0, 0.05) is 17.9 Å². The van der Waals surface area contributed by atoms with Crippen LogP contribution in [0.5, 0.6) is 0 Å². The van der Waals surface area contributed by atoms with Crippen LogP contribution in [0.15, 0.2) is 30.3 Å². The van der Waals surface area contributed by atoms with Crippen molar-refractivity contribution in [3.8, 4) is 0 Å². The van der Waals surface area contributed by atoms with Crippen LogP contribution in [0.3, 0.4) is 0 Å². The first-order chi connectivity index (χ1) is 8.15. The van der Waals surface area contributed by atoms with Crippen LogP contribution in [0.2, 0.25) is 0 Å². The van der Waals surface area contributed by atoms with Crippen molar-refractivity contribution in [1.82, 2.24) is 4.90 Å². The summed E-state index contributed by atoms with van der Waals surface area (Å²) in [4.78, 5) is 14.1. The smallest absolute Gasteiger partial charge is 0.227 e. The minimum absolute atomic E-state index is 0.215. The third-order valence-electron chi connectivity index (χ3n) is 2.67. The van der Waals surface area contributed by atoms with Gasteiger partial charge in [-0.2, -0.15) is 0 Å². The van der Waals surface area contributed by atoms with Crippen LogP contribution < -0.4 is 0 Å². The molecule has 2 nitrogen and oxygen atoms in total. The maximum Gasteiger partial charge on any atom is 0.227 e. The van der Waals surface area contributed by atoms with E-state index in [1.54, 1.807) is 0 Å². The van der Waals surface area contributed by atoms with Gasteiger partial charge in [-0.25, -0.2) is 0 Å². The Hall–Kier alpha value is -0.830. The molecule has 0 aliphatic rings. The van der Waals surface area contributed by atoms with Crippen molar-refractivity contribution in [3.63, 3.8) is 0 Å². The van der Waals surface area contributed by atoms with Crippen LogP contribution in [-0.2, 0) is 11.2 Å². The van der Waals surface area contributed by atoms with E-state index in [0.29, 0.717) is 6.42 Å². The molecular formula is C14H20BrNO. The Morgan fingerprint density at radius 2 is 1.94 bits per heavy atom. The first-order valence-corrected chi connectivity index (χ1v) is 7.16. The number of halogens is 1. The van der Waals surface area contributed by atoms with Gasteiger partial charge >= 0.3 is 0 Å². The maximum atomic E-state index is 12.2. The summed E-state index contributed by atoms with van der Waals surface area (Å²) in [6, 6.07) is 10.2. The van der Waals surface area contributed by atoms with Crippen LogP contribution >= 0.6 is 15.9 Å². The average Bonchev–Trinajstić information content (AvgIpc) is 2.30. The molecular weight excluding hydrogens is 278 g/mol. The fraction of sp³-hybridized carbons (Fsp3) is 0.500. The molecule has 0 saturated carbocycles. The number of carbonyl (C=O) groups is 1. The molecule has 1 rings (SSSR count). The molecule has 0 fully saturated rings. The minimum Gasteiger partial charge on any atom is -0.340 e. The molecule has 3 heteroatoms. The molecule has 0 atom stereocenters. The normalized spacial score (nSPS) is 10.6. The van der Waals surface area contributed by atoms with E-state index in [9.17, 15) is 4.79 Å². The van der Waals surface area contributed by atoms with Crippen LogP contribution in [0.1, 0.15) is 25.8 Å². The molecule has 1 aromatic rings. The van der Waals surface area contributed by atoms with Crippen molar-refractivity contribution < 1.29 is 4.79 Å². The van der Waals surface area contributed by atoms with Gasteiger partial charge < -0.3 is 4.90 Å². The fourth-order valence-electron chi connectivity index (χ4n) is 1.77. The average molecular weight is 298 g/mol. The van der Waals surface area contributed by atoms with Gasteiger partial charge in [0.2, 0.25) is 5.91 Å². The second-order valence-corrected chi connectivity index (χ2v) is 5.18. The van der Waals surface area contributed by atoms with E-state index in [0.717, 1.165) is 23.9 Å². The van der Waals surface area contributed by atoms with Crippen molar-refractivity contribution in [2.75, 3.05) is 11.9 Å².